The highest BCUT2D eigenvalue weighted by Crippen LogP contribution is 2.54. The maximum Gasteiger partial charge on any atom is 0.195 e. The fourth-order valence-corrected chi connectivity index (χ4v) is 5.75. The Morgan fingerprint density at radius 2 is 1.91 bits per heavy atom. The Labute approximate surface area is 191 Å². The number of benzene rings is 2. The topological polar surface area (TPSA) is 34.1 Å². The molecule has 2 aromatic rings. The molecule has 5 rings (SSSR count). The summed E-state index contributed by atoms with van der Waals surface area (Å²) in [7, 11) is 1.79. The Hall–Kier alpha value is -2.85. The number of likely N-dealkylation sites (tertiary alicyclic amines) is 1. The number of ether oxygens (including phenoxy) is 2. The van der Waals surface area contributed by atoms with E-state index in [1.54, 1.807) is 7.11 Å². The summed E-state index contributed by atoms with van der Waals surface area (Å²) in [6.45, 7) is 11.8. The summed E-state index contributed by atoms with van der Waals surface area (Å²) in [6.07, 6.45) is 2.81. The number of rotatable bonds is 6. The first-order valence-electron chi connectivity index (χ1n) is 11.5. The molecule has 0 radical (unpaired) electrons. The summed E-state index contributed by atoms with van der Waals surface area (Å²) in [5, 5.41) is 0. The van der Waals surface area contributed by atoms with E-state index in [0.717, 1.165) is 43.3 Å². The van der Waals surface area contributed by atoms with Crippen molar-refractivity contribution in [3.05, 3.63) is 89.5 Å². The van der Waals surface area contributed by atoms with E-state index >= 15 is 0 Å². The Morgan fingerprint density at radius 1 is 1.16 bits per heavy atom. The van der Waals surface area contributed by atoms with Gasteiger partial charge in [0.2, 0.25) is 0 Å². The summed E-state index contributed by atoms with van der Waals surface area (Å²) in [5.74, 6) is 2.09. The van der Waals surface area contributed by atoms with Gasteiger partial charge in [-0.2, -0.15) is 0 Å². The van der Waals surface area contributed by atoms with Crippen LogP contribution in [-0.2, 0) is 21.4 Å². The highest BCUT2D eigenvalue weighted by molar-refractivity contribution is 5.95. The summed E-state index contributed by atoms with van der Waals surface area (Å²) < 4.78 is 12.4. The number of methoxy groups -OCH3 is 1. The average molecular weight is 429 g/mol. The molecule has 0 spiro atoms. The van der Waals surface area contributed by atoms with Crippen LogP contribution in [0.5, 0.6) is 0 Å². The summed E-state index contributed by atoms with van der Waals surface area (Å²) in [4.78, 5) is 7.65. The lowest BCUT2D eigenvalue weighted by atomic mass is 9.61. The first-order valence-corrected chi connectivity index (χ1v) is 11.5. The zero-order valence-corrected chi connectivity index (χ0v) is 19.3. The molecule has 0 aromatic heterocycles. The molecule has 1 saturated heterocycles. The monoisotopic (exact) mass is 428 g/mol. The molecule has 2 heterocycles. The van der Waals surface area contributed by atoms with Crippen molar-refractivity contribution >= 4 is 11.7 Å². The normalized spacial score (nSPS) is 26.2. The molecule has 0 saturated carbocycles. The molecule has 2 aliphatic heterocycles. The highest BCUT2D eigenvalue weighted by atomic mass is 16.5. The molecule has 1 aliphatic carbocycles. The van der Waals surface area contributed by atoms with E-state index in [1.807, 2.05) is 6.08 Å². The molecule has 166 valence electrons. The van der Waals surface area contributed by atoms with E-state index in [1.165, 1.54) is 16.7 Å². The first-order chi connectivity index (χ1) is 15.5. The molecule has 3 aliphatic rings. The van der Waals surface area contributed by atoms with Gasteiger partial charge in [0.15, 0.2) is 5.90 Å². The molecule has 1 fully saturated rings. The number of fused-ring (bicyclic) bond motifs is 2. The number of nitrogens with zero attached hydrogens (tertiary/aromatic N) is 2. The Morgan fingerprint density at radius 3 is 2.59 bits per heavy atom. The van der Waals surface area contributed by atoms with Crippen molar-refractivity contribution in [2.24, 2.45) is 10.9 Å². The van der Waals surface area contributed by atoms with Gasteiger partial charge in [0.05, 0.1) is 18.1 Å². The van der Waals surface area contributed by atoms with E-state index in [-0.39, 0.29) is 16.9 Å². The van der Waals surface area contributed by atoms with Gasteiger partial charge in [0, 0.05) is 31.1 Å². The van der Waals surface area contributed by atoms with Gasteiger partial charge in [0.1, 0.15) is 12.4 Å². The standard InChI is InChI=1S/C28H32N2O2/c1-5-15-28(26-29-27(2,3)19-32-26)23-14-10-9-13-21(23)25(31-4)22-17-30(18-24(22)28)16-20-11-7-6-8-12-20/h5-14,24H,1,15-19H2,2-4H3/t24-,28-/m0/s1. The largest absolute Gasteiger partial charge is 0.496 e. The van der Waals surface area contributed by atoms with Crippen molar-refractivity contribution in [3.63, 3.8) is 0 Å². The van der Waals surface area contributed by atoms with Crippen LogP contribution in [-0.4, -0.2) is 43.1 Å². The van der Waals surface area contributed by atoms with Gasteiger partial charge >= 0.3 is 0 Å². The Bertz CT molecular complexity index is 1090. The third-order valence-corrected chi connectivity index (χ3v) is 7.06. The molecule has 0 bridgehead atoms. The minimum atomic E-state index is -0.366. The minimum absolute atomic E-state index is 0.216. The second-order valence-electron chi connectivity index (χ2n) is 9.79. The lowest BCUT2D eigenvalue weighted by Gasteiger charge is -2.43. The van der Waals surface area contributed by atoms with Gasteiger partial charge < -0.3 is 9.47 Å². The van der Waals surface area contributed by atoms with Crippen LogP contribution < -0.4 is 0 Å². The third-order valence-electron chi connectivity index (χ3n) is 7.06. The van der Waals surface area contributed by atoms with Gasteiger partial charge in [-0.25, -0.2) is 4.99 Å². The second kappa shape index (κ2) is 7.93. The van der Waals surface area contributed by atoms with Gasteiger partial charge in [-0.05, 0) is 37.0 Å². The predicted molar refractivity (Wildman–Crippen MR) is 130 cm³/mol. The smallest absolute Gasteiger partial charge is 0.195 e. The number of hydrogen-bond acceptors (Lipinski definition) is 4. The van der Waals surface area contributed by atoms with Crippen LogP contribution in [0, 0.1) is 5.92 Å². The third kappa shape index (κ3) is 3.29. The first kappa shape index (κ1) is 21.0. The molecule has 4 nitrogen and oxygen atoms in total. The lowest BCUT2D eigenvalue weighted by Crippen LogP contribution is -2.47. The van der Waals surface area contributed by atoms with Gasteiger partial charge in [-0.1, -0.05) is 60.7 Å². The molecular weight excluding hydrogens is 396 g/mol. The molecular formula is C28H32N2O2. The fourth-order valence-electron chi connectivity index (χ4n) is 5.75. The van der Waals surface area contributed by atoms with E-state index in [0.29, 0.717) is 6.61 Å². The van der Waals surface area contributed by atoms with Gasteiger partial charge in [-0.15, -0.1) is 6.58 Å². The molecule has 2 aromatic carbocycles. The van der Waals surface area contributed by atoms with Crippen molar-refractivity contribution in [2.45, 2.75) is 37.8 Å². The SMILES string of the molecule is C=CC[C@]1(C2=NC(C)(C)CO2)c2ccccc2C(OC)=C2CN(Cc3ccccc3)C[C@@H]21. The quantitative estimate of drug-likeness (QED) is 0.592. The van der Waals surface area contributed by atoms with Crippen LogP contribution in [0.3, 0.4) is 0 Å². The van der Waals surface area contributed by atoms with Crippen LogP contribution in [0.15, 0.2) is 77.8 Å². The summed E-state index contributed by atoms with van der Waals surface area (Å²) >= 11 is 0. The van der Waals surface area contributed by atoms with E-state index in [4.69, 9.17) is 14.5 Å². The van der Waals surface area contributed by atoms with E-state index in [2.05, 4.69) is 79.9 Å². The number of aliphatic imine (C=N–C) groups is 1. The number of allylic oxidation sites excluding steroid dienone is 1. The van der Waals surface area contributed by atoms with Crippen molar-refractivity contribution in [2.75, 3.05) is 26.8 Å². The predicted octanol–water partition coefficient (Wildman–Crippen LogP) is 5.21. The molecule has 4 heteroatoms. The molecule has 0 unspecified atom stereocenters. The second-order valence-corrected chi connectivity index (χ2v) is 9.79. The highest BCUT2D eigenvalue weighted by Gasteiger charge is 2.56. The van der Waals surface area contributed by atoms with Crippen molar-refractivity contribution < 1.29 is 9.47 Å². The Balaban J connectivity index is 1.66. The van der Waals surface area contributed by atoms with Crippen LogP contribution >= 0.6 is 0 Å². The van der Waals surface area contributed by atoms with Crippen LogP contribution in [0.1, 0.15) is 37.0 Å². The van der Waals surface area contributed by atoms with Crippen LogP contribution in [0.4, 0.5) is 0 Å². The maximum absolute atomic E-state index is 6.37. The van der Waals surface area contributed by atoms with E-state index < -0.39 is 0 Å². The minimum Gasteiger partial charge on any atom is -0.496 e. The summed E-state index contributed by atoms with van der Waals surface area (Å²) in [5.41, 5.74) is 4.48. The zero-order chi connectivity index (χ0) is 22.3. The Kier molecular flexibility index (Phi) is 5.21. The van der Waals surface area contributed by atoms with Crippen molar-refractivity contribution in [1.29, 1.82) is 0 Å². The maximum atomic E-state index is 6.37. The zero-order valence-electron chi connectivity index (χ0n) is 19.3. The fraction of sp³-hybridized carbons (Fsp3) is 0.393. The van der Waals surface area contributed by atoms with Gasteiger partial charge in [-0.3, -0.25) is 4.90 Å². The van der Waals surface area contributed by atoms with Gasteiger partial charge in [0.25, 0.3) is 0 Å². The average Bonchev–Trinajstić information content (AvgIpc) is 3.37. The summed E-state index contributed by atoms with van der Waals surface area (Å²) in [6, 6.07) is 19.3. The van der Waals surface area contributed by atoms with Crippen LogP contribution in [0.2, 0.25) is 0 Å². The molecule has 2 atom stereocenters. The van der Waals surface area contributed by atoms with E-state index in [9.17, 15) is 0 Å². The van der Waals surface area contributed by atoms with Crippen molar-refractivity contribution in [1.82, 2.24) is 4.90 Å². The molecule has 32 heavy (non-hydrogen) atoms. The van der Waals surface area contributed by atoms with Crippen molar-refractivity contribution in [3.8, 4) is 0 Å². The number of hydrogen-bond donors (Lipinski definition) is 0. The van der Waals surface area contributed by atoms with Crippen LogP contribution in [0.25, 0.3) is 5.76 Å². The molecule has 0 amide bonds. The molecule has 0 N–H and O–H groups in total. The lowest BCUT2D eigenvalue weighted by molar-refractivity contribution is 0.231.